The molecule has 0 bridgehead atoms. The van der Waals surface area contributed by atoms with Gasteiger partial charge in [-0.15, -0.1) is 0 Å². The lowest BCUT2D eigenvalue weighted by Crippen LogP contribution is -2.24. The first-order valence-corrected chi connectivity index (χ1v) is 7.13. The van der Waals surface area contributed by atoms with E-state index in [9.17, 15) is 8.42 Å². The van der Waals surface area contributed by atoms with E-state index in [0.717, 1.165) is 0 Å². The van der Waals surface area contributed by atoms with Crippen molar-refractivity contribution < 1.29 is 17.9 Å². The van der Waals surface area contributed by atoms with Gasteiger partial charge in [0.25, 0.3) is 10.0 Å². The van der Waals surface area contributed by atoms with Crippen molar-refractivity contribution in [2.24, 2.45) is 0 Å². The Morgan fingerprint density at radius 1 is 1.42 bits per heavy atom. The summed E-state index contributed by atoms with van der Waals surface area (Å²) in [4.78, 5) is 3.93. The summed E-state index contributed by atoms with van der Waals surface area (Å²) in [6, 6.07) is 2.73. The standard InChI is InChI=1S/C10H14N4O4S/c15-6-8-3-4-10(18-8)19(16,17)13-5-1-2-9-11-7-12-14-9/h3-4,7,13,15H,1-2,5-6H2,(H,11,12,14). The minimum absolute atomic E-state index is 0.198. The lowest BCUT2D eigenvalue weighted by atomic mass is 10.3. The van der Waals surface area contributed by atoms with Gasteiger partial charge in [0.15, 0.2) is 0 Å². The van der Waals surface area contributed by atoms with Gasteiger partial charge in [0.1, 0.15) is 24.5 Å². The van der Waals surface area contributed by atoms with Crippen LogP contribution in [0.5, 0.6) is 0 Å². The number of aromatic amines is 1. The molecule has 0 aliphatic rings. The molecule has 9 heteroatoms. The fourth-order valence-electron chi connectivity index (χ4n) is 1.47. The normalized spacial score (nSPS) is 11.8. The van der Waals surface area contributed by atoms with Crippen LogP contribution in [-0.4, -0.2) is 35.3 Å². The molecule has 0 spiro atoms. The minimum Gasteiger partial charge on any atom is -0.446 e. The highest BCUT2D eigenvalue weighted by atomic mass is 32.2. The summed E-state index contributed by atoms with van der Waals surface area (Å²) in [6.45, 7) is -0.0702. The topological polar surface area (TPSA) is 121 Å². The van der Waals surface area contributed by atoms with Crippen molar-refractivity contribution >= 4 is 10.0 Å². The molecule has 0 unspecified atom stereocenters. The average molecular weight is 286 g/mol. The van der Waals surface area contributed by atoms with E-state index in [-0.39, 0.29) is 24.0 Å². The maximum absolute atomic E-state index is 11.8. The molecule has 104 valence electrons. The number of aliphatic hydroxyl groups is 1. The number of rotatable bonds is 7. The molecule has 2 aromatic rings. The molecule has 8 nitrogen and oxygen atoms in total. The van der Waals surface area contributed by atoms with E-state index in [4.69, 9.17) is 9.52 Å². The number of aromatic nitrogens is 3. The van der Waals surface area contributed by atoms with Crippen molar-refractivity contribution in [3.8, 4) is 0 Å². The van der Waals surface area contributed by atoms with Crippen LogP contribution in [-0.2, 0) is 23.1 Å². The fourth-order valence-corrected chi connectivity index (χ4v) is 2.49. The van der Waals surface area contributed by atoms with E-state index in [1.54, 1.807) is 0 Å². The second kappa shape index (κ2) is 5.95. The van der Waals surface area contributed by atoms with E-state index in [1.165, 1.54) is 18.5 Å². The van der Waals surface area contributed by atoms with Gasteiger partial charge in [-0.2, -0.15) is 5.10 Å². The van der Waals surface area contributed by atoms with Gasteiger partial charge in [0.05, 0.1) is 0 Å². The molecule has 2 rings (SSSR count). The number of aliphatic hydroxyl groups excluding tert-OH is 1. The molecular formula is C10H14N4O4S. The van der Waals surface area contributed by atoms with Crippen molar-refractivity contribution in [3.05, 3.63) is 30.0 Å². The number of furan rings is 1. The first-order chi connectivity index (χ1) is 9.12. The van der Waals surface area contributed by atoms with Gasteiger partial charge in [0, 0.05) is 13.0 Å². The average Bonchev–Trinajstić information content (AvgIpc) is 3.05. The summed E-state index contributed by atoms with van der Waals surface area (Å²) in [5.74, 6) is 0.918. The Hall–Kier alpha value is -1.71. The molecule has 2 heterocycles. The molecule has 0 atom stereocenters. The third kappa shape index (κ3) is 3.63. The third-order valence-electron chi connectivity index (χ3n) is 2.41. The van der Waals surface area contributed by atoms with E-state index in [1.807, 2.05) is 0 Å². The molecule has 0 aliphatic heterocycles. The van der Waals surface area contributed by atoms with Crippen molar-refractivity contribution in [1.29, 1.82) is 0 Å². The molecule has 0 saturated carbocycles. The summed E-state index contributed by atoms with van der Waals surface area (Å²) >= 11 is 0. The van der Waals surface area contributed by atoms with E-state index >= 15 is 0 Å². The highest BCUT2D eigenvalue weighted by Crippen LogP contribution is 2.13. The van der Waals surface area contributed by atoms with Crippen LogP contribution in [0.2, 0.25) is 0 Å². The highest BCUT2D eigenvalue weighted by Gasteiger charge is 2.17. The maximum atomic E-state index is 11.8. The molecule has 0 saturated heterocycles. The zero-order valence-corrected chi connectivity index (χ0v) is 10.9. The number of H-pyrrole nitrogens is 1. The van der Waals surface area contributed by atoms with Crippen LogP contribution in [0.4, 0.5) is 0 Å². The van der Waals surface area contributed by atoms with Crippen molar-refractivity contribution in [2.45, 2.75) is 24.5 Å². The number of sulfonamides is 1. The van der Waals surface area contributed by atoms with Gasteiger partial charge in [-0.25, -0.2) is 18.1 Å². The molecule has 0 aromatic carbocycles. The Morgan fingerprint density at radius 3 is 2.89 bits per heavy atom. The fraction of sp³-hybridized carbons (Fsp3) is 0.400. The molecule has 3 N–H and O–H groups in total. The van der Waals surface area contributed by atoms with E-state index < -0.39 is 10.0 Å². The van der Waals surface area contributed by atoms with E-state index in [0.29, 0.717) is 18.7 Å². The number of nitrogens with zero attached hydrogens (tertiary/aromatic N) is 2. The van der Waals surface area contributed by atoms with Gasteiger partial charge in [-0.3, -0.25) is 5.10 Å². The summed E-state index contributed by atoms with van der Waals surface area (Å²) in [7, 11) is -3.66. The van der Waals surface area contributed by atoms with Crippen LogP contribution in [0.15, 0.2) is 28.0 Å². The zero-order chi connectivity index (χ0) is 13.7. The van der Waals surface area contributed by atoms with Crippen LogP contribution < -0.4 is 4.72 Å². The number of hydrogen-bond donors (Lipinski definition) is 3. The summed E-state index contributed by atoms with van der Waals surface area (Å²) in [6.07, 6.45) is 2.59. The highest BCUT2D eigenvalue weighted by molar-refractivity contribution is 7.89. The molecular weight excluding hydrogens is 272 g/mol. The summed E-state index contributed by atoms with van der Waals surface area (Å²) < 4.78 is 31.0. The van der Waals surface area contributed by atoms with Crippen LogP contribution in [0, 0.1) is 0 Å². The van der Waals surface area contributed by atoms with E-state index in [2.05, 4.69) is 19.9 Å². The smallest absolute Gasteiger partial charge is 0.273 e. The van der Waals surface area contributed by atoms with Crippen LogP contribution in [0.1, 0.15) is 18.0 Å². The SMILES string of the molecule is O=S(=O)(NCCCc1ncn[nH]1)c1ccc(CO)o1. The van der Waals surface area contributed by atoms with Gasteiger partial charge in [0.2, 0.25) is 5.09 Å². The Balaban J connectivity index is 1.84. The maximum Gasteiger partial charge on any atom is 0.273 e. The van der Waals surface area contributed by atoms with Crippen molar-refractivity contribution in [2.75, 3.05) is 6.54 Å². The molecule has 0 aliphatic carbocycles. The second-order valence-corrected chi connectivity index (χ2v) is 5.51. The lowest BCUT2D eigenvalue weighted by molar-refractivity contribution is 0.236. The molecule has 19 heavy (non-hydrogen) atoms. The number of hydrogen-bond acceptors (Lipinski definition) is 6. The predicted molar refractivity (Wildman–Crippen MR) is 64.5 cm³/mol. The second-order valence-electron chi connectivity index (χ2n) is 3.81. The number of aryl methyl sites for hydroxylation is 1. The Morgan fingerprint density at radius 2 is 2.26 bits per heavy atom. The predicted octanol–water partition coefficient (Wildman–Crippen LogP) is -0.199. The molecule has 0 radical (unpaired) electrons. The summed E-state index contributed by atoms with van der Waals surface area (Å²) in [5.41, 5.74) is 0. The van der Waals surface area contributed by atoms with Crippen LogP contribution >= 0.6 is 0 Å². The Kier molecular flexibility index (Phi) is 4.30. The van der Waals surface area contributed by atoms with Crippen LogP contribution in [0.3, 0.4) is 0 Å². The largest absolute Gasteiger partial charge is 0.446 e. The first kappa shape index (κ1) is 13.7. The Bertz CT molecular complexity index is 605. The lowest BCUT2D eigenvalue weighted by Gasteiger charge is -2.03. The molecule has 0 fully saturated rings. The van der Waals surface area contributed by atoms with Gasteiger partial charge >= 0.3 is 0 Å². The summed E-state index contributed by atoms with van der Waals surface area (Å²) in [5, 5.41) is 15.0. The quantitative estimate of drug-likeness (QED) is 0.606. The molecule has 0 amide bonds. The molecule has 2 aromatic heterocycles. The first-order valence-electron chi connectivity index (χ1n) is 5.65. The van der Waals surface area contributed by atoms with Crippen molar-refractivity contribution in [1.82, 2.24) is 19.9 Å². The van der Waals surface area contributed by atoms with Gasteiger partial charge in [-0.05, 0) is 18.6 Å². The van der Waals surface area contributed by atoms with Gasteiger partial charge < -0.3 is 9.52 Å². The zero-order valence-electron chi connectivity index (χ0n) is 10.0. The minimum atomic E-state index is -3.66. The Labute approximate surface area is 109 Å². The monoisotopic (exact) mass is 286 g/mol. The van der Waals surface area contributed by atoms with Crippen molar-refractivity contribution in [3.63, 3.8) is 0 Å². The van der Waals surface area contributed by atoms with Crippen LogP contribution in [0.25, 0.3) is 0 Å². The third-order valence-corrected chi connectivity index (χ3v) is 3.74. The number of nitrogens with one attached hydrogen (secondary N) is 2. The van der Waals surface area contributed by atoms with Gasteiger partial charge in [-0.1, -0.05) is 0 Å².